The molecular weight excluding hydrogens is 254 g/mol. The molecule has 4 unspecified atom stereocenters. The van der Waals surface area contributed by atoms with E-state index in [1.807, 2.05) is 0 Å². The quantitative estimate of drug-likeness (QED) is 0.516. The maximum Gasteiger partial charge on any atom is 0.303 e. The van der Waals surface area contributed by atoms with E-state index in [2.05, 4.69) is 0 Å². The number of nitrogens with zero attached hydrogens (tertiary/aromatic N) is 1. The van der Waals surface area contributed by atoms with Crippen molar-refractivity contribution in [2.45, 2.75) is 45.1 Å². The smallest absolute Gasteiger partial charge is 0.303 e. The molecule has 2 bridgehead atoms. The number of esters is 2. The number of hydrogen-bond acceptors (Lipinski definition) is 6. The van der Waals surface area contributed by atoms with Crippen molar-refractivity contribution in [1.82, 2.24) is 5.06 Å². The van der Waals surface area contributed by atoms with Gasteiger partial charge in [0.2, 0.25) is 5.91 Å². The Balaban J connectivity index is 2.26. The van der Waals surface area contributed by atoms with Gasteiger partial charge in [-0.1, -0.05) is 12.2 Å². The van der Waals surface area contributed by atoms with E-state index in [9.17, 15) is 14.4 Å². The van der Waals surface area contributed by atoms with Crippen LogP contribution in [0.1, 0.15) is 20.8 Å². The first-order valence-electron chi connectivity index (χ1n) is 5.89. The predicted octanol–water partition coefficient (Wildman–Crippen LogP) is -0.0495. The van der Waals surface area contributed by atoms with Gasteiger partial charge in [0.05, 0.1) is 0 Å². The van der Waals surface area contributed by atoms with Gasteiger partial charge in [-0.15, -0.1) is 0 Å². The summed E-state index contributed by atoms with van der Waals surface area (Å²) in [5.74, 6) is -1.31. The molecule has 19 heavy (non-hydrogen) atoms. The summed E-state index contributed by atoms with van der Waals surface area (Å²) in [5, 5.41) is 1.14. The van der Waals surface area contributed by atoms with E-state index in [4.69, 9.17) is 14.3 Å². The number of fused-ring (bicyclic) bond motifs is 2. The van der Waals surface area contributed by atoms with Crippen LogP contribution in [0, 0.1) is 0 Å². The fourth-order valence-electron chi connectivity index (χ4n) is 2.27. The van der Waals surface area contributed by atoms with Gasteiger partial charge in [-0.25, -0.2) is 5.06 Å². The van der Waals surface area contributed by atoms with E-state index in [0.29, 0.717) is 0 Å². The molecule has 0 radical (unpaired) electrons. The SMILES string of the molecule is CC(=O)OC1C2C=CC(C1OC(C)=O)N(C(C)=O)O2. The third-order valence-electron chi connectivity index (χ3n) is 2.90. The Hall–Kier alpha value is -1.89. The van der Waals surface area contributed by atoms with Gasteiger partial charge in [0.15, 0.2) is 12.2 Å². The van der Waals surface area contributed by atoms with Crippen molar-refractivity contribution >= 4 is 17.8 Å². The van der Waals surface area contributed by atoms with Gasteiger partial charge in [-0.3, -0.25) is 19.2 Å². The van der Waals surface area contributed by atoms with Crippen molar-refractivity contribution in [3.05, 3.63) is 12.2 Å². The van der Waals surface area contributed by atoms with Crippen molar-refractivity contribution in [2.75, 3.05) is 0 Å². The number of rotatable bonds is 2. The Labute approximate surface area is 110 Å². The average Bonchev–Trinajstić information content (AvgIpc) is 2.31. The molecule has 1 fully saturated rings. The van der Waals surface area contributed by atoms with Gasteiger partial charge in [-0.05, 0) is 0 Å². The molecule has 2 heterocycles. The van der Waals surface area contributed by atoms with E-state index in [1.165, 1.54) is 20.8 Å². The highest BCUT2D eigenvalue weighted by Crippen LogP contribution is 2.32. The highest BCUT2D eigenvalue weighted by molar-refractivity contribution is 5.73. The number of amides is 1. The lowest BCUT2D eigenvalue weighted by Gasteiger charge is -2.47. The number of ether oxygens (including phenoxy) is 2. The molecule has 104 valence electrons. The monoisotopic (exact) mass is 269 g/mol. The molecule has 7 nitrogen and oxygen atoms in total. The van der Waals surface area contributed by atoms with Crippen LogP contribution in [0.3, 0.4) is 0 Å². The lowest BCUT2D eigenvalue weighted by molar-refractivity contribution is -0.285. The van der Waals surface area contributed by atoms with Gasteiger partial charge < -0.3 is 9.47 Å². The Bertz CT molecular complexity index is 446. The minimum absolute atomic E-state index is 0.308. The summed E-state index contributed by atoms with van der Waals surface area (Å²) in [4.78, 5) is 39.1. The molecule has 2 aliphatic heterocycles. The maximum atomic E-state index is 11.5. The highest BCUT2D eigenvalue weighted by Gasteiger charge is 2.51. The van der Waals surface area contributed by atoms with Crippen LogP contribution in [0.4, 0.5) is 0 Å². The minimum Gasteiger partial charge on any atom is -0.456 e. The molecule has 1 amide bonds. The molecule has 1 saturated heterocycles. The molecule has 7 heteroatoms. The van der Waals surface area contributed by atoms with Crippen molar-refractivity contribution in [2.24, 2.45) is 0 Å². The van der Waals surface area contributed by atoms with Crippen LogP contribution in [0.2, 0.25) is 0 Å². The molecule has 4 atom stereocenters. The minimum atomic E-state index is -0.756. The van der Waals surface area contributed by atoms with Crippen molar-refractivity contribution in [1.29, 1.82) is 0 Å². The molecule has 1 aliphatic carbocycles. The number of carbonyl (C=O) groups is 3. The number of carbonyl (C=O) groups excluding carboxylic acids is 3. The van der Waals surface area contributed by atoms with Crippen molar-refractivity contribution in [3.8, 4) is 0 Å². The number of hydrogen-bond donors (Lipinski definition) is 0. The molecule has 0 aromatic rings. The molecule has 0 spiro atoms. The van der Waals surface area contributed by atoms with E-state index in [-0.39, 0.29) is 5.91 Å². The zero-order chi connectivity index (χ0) is 14.2. The van der Waals surface area contributed by atoms with Gasteiger partial charge >= 0.3 is 11.9 Å². The molecule has 0 aromatic carbocycles. The summed E-state index contributed by atoms with van der Waals surface area (Å²) in [6.07, 6.45) is 1.27. The van der Waals surface area contributed by atoms with Gasteiger partial charge in [0.25, 0.3) is 0 Å². The second-order valence-corrected chi connectivity index (χ2v) is 4.44. The zero-order valence-corrected chi connectivity index (χ0v) is 10.9. The largest absolute Gasteiger partial charge is 0.456 e. The standard InChI is InChI=1S/C12H15NO6/c1-6(14)13-9-4-5-10(19-13)12(18-8(3)16)11(9)17-7(2)15/h4-5,9-12H,1-3H3. The lowest BCUT2D eigenvalue weighted by Crippen LogP contribution is -2.64. The van der Waals surface area contributed by atoms with Gasteiger partial charge in [-0.2, -0.15) is 0 Å². The summed E-state index contributed by atoms with van der Waals surface area (Å²) in [6.45, 7) is 3.87. The van der Waals surface area contributed by atoms with E-state index in [0.717, 1.165) is 5.06 Å². The first kappa shape index (κ1) is 13.5. The molecule has 3 aliphatic rings. The predicted molar refractivity (Wildman–Crippen MR) is 61.4 cm³/mol. The lowest BCUT2D eigenvalue weighted by atomic mass is 9.91. The summed E-state index contributed by atoms with van der Waals surface area (Å²) < 4.78 is 10.3. The summed E-state index contributed by atoms with van der Waals surface area (Å²) in [6, 6.07) is -0.587. The fourth-order valence-corrected chi connectivity index (χ4v) is 2.27. The van der Waals surface area contributed by atoms with E-state index < -0.39 is 36.3 Å². The molecule has 3 rings (SSSR count). The van der Waals surface area contributed by atoms with Crippen LogP contribution in [0.5, 0.6) is 0 Å². The third-order valence-corrected chi connectivity index (χ3v) is 2.90. The summed E-state index contributed by atoms with van der Waals surface area (Å²) in [5.41, 5.74) is 0. The Morgan fingerprint density at radius 1 is 1.00 bits per heavy atom. The van der Waals surface area contributed by atoms with Crippen LogP contribution < -0.4 is 0 Å². The molecular formula is C12H15NO6. The molecule has 0 N–H and O–H groups in total. The topological polar surface area (TPSA) is 82.1 Å². The first-order chi connectivity index (χ1) is 8.90. The van der Waals surface area contributed by atoms with Crippen LogP contribution in [0.25, 0.3) is 0 Å². The normalized spacial score (nSPS) is 32.1. The zero-order valence-electron chi connectivity index (χ0n) is 10.9. The van der Waals surface area contributed by atoms with Crippen LogP contribution >= 0.6 is 0 Å². The molecule has 0 saturated carbocycles. The van der Waals surface area contributed by atoms with Crippen molar-refractivity contribution in [3.63, 3.8) is 0 Å². The second kappa shape index (κ2) is 5.00. The Morgan fingerprint density at radius 2 is 1.58 bits per heavy atom. The first-order valence-corrected chi connectivity index (χ1v) is 5.89. The highest BCUT2D eigenvalue weighted by atomic mass is 16.7. The van der Waals surface area contributed by atoms with Crippen LogP contribution in [-0.2, 0) is 28.7 Å². The van der Waals surface area contributed by atoms with E-state index in [1.54, 1.807) is 12.2 Å². The van der Waals surface area contributed by atoms with Gasteiger partial charge in [0.1, 0.15) is 12.1 Å². The van der Waals surface area contributed by atoms with Gasteiger partial charge in [0, 0.05) is 20.8 Å². The summed E-state index contributed by atoms with van der Waals surface area (Å²) >= 11 is 0. The number of hydroxylamine groups is 2. The van der Waals surface area contributed by atoms with Crippen LogP contribution in [-0.4, -0.2) is 47.3 Å². The van der Waals surface area contributed by atoms with E-state index >= 15 is 0 Å². The Kier molecular flexibility index (Phi) is 3.57. The maximum absolute atomic E-state index is 11.5. The van der Waals surface area contributed by atoms with Crippen LogP contribution in [0.15, 0.2) is 12.2 Å². The van der Waals surface area contributed by atoms with Crippen molar-refractivity contribution < 1.29 is 28.7 Å². The third kappa shape index (κ3) is 2.60. The second-order valence-electron chi connectivity index (χ2n) is 4.44. The average molecular weight is 269 g/mol. The Morgan fingerprint density at radius 3 is 2.11 bits per heavy atom. The molecule has 0 aromatic heterocycles. The summed E-state index contributed by atoms with van der Waals surface area (Å²) in [7, 11) is 0. The fraction of sp³-hybridized carbons (Fsp3) is 0.583.